The first-order valence-electron chi connectivity index (χ1n) is 8.77. The maximum Gasteiger partial charge on any atom is 0.227 e. The molecule has 0 unspecified atom stereocenters. The largest absolute Gasteiger partial charge is 0.356 e. The number of piperazine rings is 1. The number of anilines is 3. The summed E-state index contributed by atoms with van der Waals surface area (Å²) >= 11 is 5.86. The highest BCUT2D eigenvalue weighted by Crippen LogP contribution is 2.22. The molecule has 0 spiro atoms. The van der Waals surface area contributed by atoms with Gasteiger partial charge in [-0.2, -0.15) is 4.98 Å². The third kappa shape index (κ3) is 3.61. The Morgan fingerprint density at radius 2 is 1.40 bits per heavy atom. The van der Waals surface area contributed by atoms with E-state index in [1.807, 2.05) is 6.92 Å². The SMILES string of the molecule is Cc1cc(N2CCCC2)nc(N2CCN(c3ncc(Cl)cn3)CC2)n1. The Labute approximate surface area is 152 Å². The monoisotopic (exact) mass is 359 g/mol. The molecule has 132 valence electrons. The summed E-state index contributed by atoms with van der Waals surface area (Å²) in [5.41, 5.74) is 1.02. The van der Waals surface area contributed by atoms with Crippen molar-refractivity contribution in [2.75, 3.05) is 54.0 Å². The molecule has 2 aromatic heterocycles. The van der Waals surface area contributed by atoms with E-state index < -0.39 is 0 Å². The maximum absolute atomic E-state index is 5.86. The molecule has 2 aromatic rings. The number of nitrogens with zero attached hydrogens (tertiary/aromatic N) is 7. The summed E-state index contributed by atoms with van der Waals surface area (Å²) in [6, 6.07) is 2.09. The normalized spacial score (nSPS) is 18.1. The average molecular weight is 360 g/mol. The van der Waals surface area contributed by atoms with Gasteiger partial charge in [-0.1, -0.05) is 11.6 Å². The fourth-order valence-electron chi connectivity index (χ4n) is 3.36. The van der Waals surface area contributed by atoms with Crippen LogP contribution in [0.1, 0.15) is 18.5 Å². The van der Waals surface area contributed by atoms with E-state index >= 15 is 0 Å². The second-order valence-corrected chi connectivity index (χ2v) is 6.97. The first kappa shape index (κ1) is 16.3. The number of hydrogen-bond donors (Lipinski definition) is 0. The molecular weight excluding hydrogens is 338 g/mol. The van der Waals surface area contributed by atoms with E-state index in [0.29, 0.717) is 5.02 Å². The minimum atomic E-state index is 0.560. The first-order valence-corrected chi connectivity index (χ1v) is 9.15. The molecule has 2 saturated heterocycles. The number of hydrogen-bond acceptors (Lipinski definition) is 7. The van der Waals surface area contributed by atoms with E-state index in [2.05, 4.69) is 35.7 Å². The van der Waals surface area contributed by atoms with Crippen LogP contribution in [0, 0.1) is 6.92 Å². The van der Waals surface area contributed by atoms with Crippen molar-refractivity contribution in [3.8, 4) is 0 Å². The Hall–Kier alpha value is -2.15. The van der Waals surface area contributed by atoms with E-state index in [4.69, 9.17) is 16.6 Å². The molecule has 0 aromatic carbocycles. The van der Waals surface area contributed by atoms with Gasteiger partial charge in [0, 0.05) is 51.0 Å². The summed E-state index contributed by atoms with van der Waals surface area (Å²) in [4.78, 5) is 24.9. The molecule has 0 atom stereocenters. The van der Waals surface area contributed by atoms with Crippen molar-refractivity contribution in [1.82, 2.24) is 19.9 Å². The van der Waals surface area contributed by atoms with Gasteiger partial charge in [0.25, 0.3) is 0 Å². The Morgan fingerprint density at radius 1 is 0.800 bits per heavy atom. The molecule has 4 rings (SSSR count). The quantitative estimate of drug-likeness (QED) is 0.832. The topological polar surface area (TPSA) is 61.3 Å². The molecule has 8 heteroatoms. The van der Waals surface area contributed by atoms with Crippen LogP contribution in [0.3, 0.4) is 0 Å². The number of aryl methyl sites for hydroxylation is 1. The lowest BCUT2D eigenvalue weighted by Crippen LogP contribution is -2.47. The van der Waals surface area contributed by atoms with Crippen molar-refractivity contribution in [2.45, 2.75) is 19.8 Å². The zero-order chi connectivity index (χ0) is 17.2. The highest BCUT2D eigenvalue weighted by molar-refractivity contribution is 6.30. The van der Waals surface area contributed by atoms with Gasteiger partial charge in [0.2, 0.25) is 11.9 Å². The molecule has 4 heterocycles. The average Bonchev–Trinajstić information content (AvgIpc) is 3.17. The molecule has 25 heavy (non-hydrogen) atoms. The Balaban J connectivity index is 1.46. The highest BCUT2D eigenvalue weighted by atomic mass is 35.5. The minimum Gasteiger partial charge on any atom is -0.356 e. The van der Waals surface area contributed by atoms with Crippen LogP contribution in [0.15, 0.2) is 18.5 Å². The van der Waals surface area contributed by atoms with Crippen LogP contribution in [-0.2, 0) is 0 Å². The molecular formula is C17H22ClN7. The second kappa shape index (κ2) is 7.00. The van der Waals surface area contributed by atoms with Crippen LogP contribution in [0.25, 0.3) is 0 Å². The first-order chi connectivity index (χ1) is 12.2. The highest BCUT2D eigenvalue weighted by Gasteiger charge is 2.22. The van der Waals surface area contributed by atoms with Gasteiger partial charge in [-0.3, -0.25) is 0 Å². The Kier molecular flexibility index (Phi) is 4.57. The number of aromatic nitrogens is 4. The van der Waals surface area contributed by atoms with Gasteiger partial charge >= 0.3 is 0 Å². The van der Waals surface area contributed by atoms with E-state index in [1.165, 1.54) is 12.8 Å². The molecule has 7 nitrogen and oxygen atoms in total. The fourth-order valence-corrected chi connectivity index (χ4v) is 3.46. The van der Waals surface area contributed by atoms with E-state index in [0.717, 1.165) is 62.7 Å². The van der Waals surface area contributed by atoms with Crippen LogP contribution >= 0.6 is 11.6 Å². The predicted octanol–water partition coefficient (Wildman–Crippen LogP) is 2.16. The van der Waals surface area contributed by atoms with Gasteiger partial charge in [-0.25, -0.2) is 15.0 Å². The zero-order valence-electron chi connectivity index (χ0n) is 14.4. The third-order valence-electron chi connectivity index (χ3n) is 4.71. The van der Waals surface area contributed by atoms with Crippen molar-refractivity contribution in [1.29, 1.82) is 0 Å². The number of halogens is 1. The summed E-state index contributed by atoms with van der Waals surface area (Å²) < 4.78 is 0. The lowest BCUT2D eigenvalue weighted by molar-refractivity contribution is 0.626. The summed E-state index contributed by atoms with van der Waals surface area (Å²) in [5.74, 6) is 2.62. The summed E-state index contributed by atoms with van der Waals surface area (Å²) in [6.07, 6.45) is 5.78. The lowest BCUT2D eigenvalue weighted by Gasteiger charge is -2.35. The van der Waals surface area contributed by atoms with Crippen molar-refractivity contribution >= 4 is 29.3 Å². The van der Waals surface area contributed by atoms with E-state index in [9.17, 15) is 0 Å². The van der Waals surface area contributed by atoms with Gasteiger partial charge in [0.1, 0.15) is 5.82 Å². The maximum atomic E-state index is 5.86. The fraction of sp³-hybridized carbons (Fsp3) is 0.529. The molecule has 0 radical (unpaired) electrons. The van der Waals surface area contributed by atoms with Gasteiger partial charge in [-0.15, -0.1) is 0 Å². The molecule has 0 amide bonds. The van der Waals surface area contributed by atoms with Crippen LogP contribution < -0.4 is 14.7 Å². The predicted molar refractivity (Wildman–Crippen MR) is 99.7 cm³/mol. The van der Waals surface area contributed by atoms with Crippen LogP contribution in [0.2, 0.25) is 5.02 Å². The van der Waals surface area contributed by atoms with Crippen molar-refractivity contribution in [3.63, 3.8) is 0 Å². The van der Waals surface area contributed by atoms with E-state index in [1.54, 1.807) is 12.4 Å². The molecule has 0 aliphatic carbocycles. The molecule has 0 saturated carbocycles. The van der Waals surface area contributed by atoms with Crippen LogP contribution in [-0.4, -0.2) is 59.2 Å². The lowest BCUT2D eigenvalue weighted by atomic mass is 10.3. The second-order valence-electron chi connectivity index (χ2n) is 6.54. The Morgan fingerprint density at radius 3 is 2.04 bits per heavy atom. The standard InChI is InChI=1S/C17H22ClN7/c1-13-10-15(23-4-2-3-5-23)22-17(21-13)25-8-6-24(7-9-25)16-19-11-14(18)12-20-16/h10-12H,2-9H2,1H3. The van der Waals surface area contributed by atoms with Gasteiger partial charge < -0.3 is 14.7 Å². The van der Waals surface area contributed by atoms with Gasteiger partial charge in [-0.05, 0) is 19.8 Å². The smallest absolute Gasteiger partial charge is 0.227 e. The van der Waals surface area contributed by atoms with Gasteiger partial charge in [0.15, 0.2) is 0 Å². The molecule has 0 N–H and O–H groups in total. The zero-order valence-corrected chi connectivity index (χ0v) is 15.2. The van der Waals surface area contributed by atoms with Crippen LogP contribution in [0.5, 0.6) is 0 Å². The molecule has 2 aliphatic rings. The molecule has 0 bridgehead atoms. The molecule has 2 aliphatic heterocycles. The van der Waals surface area contributed by atoms with Crippen LogP contribution in [0.4, 0.5) is 17.7 Å². The minimum absolute atomic E-state index is 0.560. The summed E-state index contributed by atoms with van der Waals surface area (Å²) in [6.45, 7) is 7.64. The van der Waals surface area contributed by atoms with Crippen molar-refractivity contribution in [3.05, 3.63) is 29.2 Å². The third-order valence-corrected chi connectivity index (χ3v) is 4.91. The van der Waals surface area contributed by atoms with Crippen molar-refractivity contribution < 1.29 is 0 Å². The van der Waals surface area contributed by atoms with E-state index in [-0.39, 0.29) is 0 Å². The Bertz CT molecular complexity index is 722. The number of rotatable bonds is 3. The summed E-state index contributed by atoms with van der Waals surface area (Å²) in [5, 5.41) is 0.560. The molecule has 2 fully saturated rings. The summed E-state index contributed by atoms with van der Waals surface area (Å²) in [7, 11) is 0. The van der Waals surface area contributed by atoms with Crippen molar-refractivity contribution in [2.24, 2.45) is 0 Å². The van der Waals surface area contributed by atoms with Gasteiger partial charge in [0.05, 0.1) is 17.4 Å².